The second-order valence-corrected chi connectivity index (χ2v) is 9.00. The van der Waals surface area contributed by atoms with Gasteiger partial charge in [0.25, 0.3) is 5.56 Å². The van der Waals surface area contributed by atoms with Crippen LogP contribution in [0.1, 0.15) is 31.9 Å². The van der Waals surface area contributed by atoms with Crippen molar-refractivity contribution in [2.75, 3.05) is 18.1 Å². The van der Waals surface area contributed by atoms with Crippen molar-refractivity contribution in [3.8, 4) is 11.6 Å². The number of pyridine rings is 1. The molecule has 11 heteroatoms. The van der Waals surface area contributed by atoms with Gasteiger partial charge in [-0.15, -0.1) is 0 Å². The standard InChI is InChI=1S/C25H25FN4O6/c1-14(35-23-18(26)8-6-15-7-9-21(32)29(2)22(15)23)4-3-5-17-12-30(25(33)36-17)20-11-27-24-19(28-20)10-16(31)13-34-24/h6-9,11,14,17H,3-5,10,12-13H2,1-2H3/t14?,17-/m0/s1. The molecule has 1 unspecified atom stereocenters. The number of benzene rings is 1. The van der Waals surface area contributed by atoms with Gasteiger partial charge in [-0.3, -0.25) is 14.5 Å². The third-order valence-electron chi connectivity index (χ3n) is 6.32. The minimum Gasteiger partial charge on any atom is -0.485 e. The summed E-state index contributed by atoms with van der Waals surface area (Å²) in [7, 11) is 1.58. The molecule has 4 heterocycles. The summed E-state index contributed by atoms with van der Waals surface area (Å²) in [6.45, 7) is 2.11. The van der Waals surface area contributed by atoms with E-state index < -0.39 is 11.9 Å². The lowest BCUT2D eigenvalue weighted by molar-refractivity contribution is -0.121. The lowest BCUT2D eigenvalue weighted by Gasteiger charge is -2.19. The molecule has 2 atom stereocenters. The number of ether oxygens (including phenoxy) is 3. The largest absolute Gasteiger partial charge is 0.485 e. The molecule has 3 aromatic rings. The Hall–Kier alpha value is -4.02. The Morgan fingerprint density at radius 2 is 2.03 bits per heavy atom. The molecule has 2 aliphatic heterocycles. The van der Waals surface area contributed by atoms with Gasteiger partial charge in [0.2, 0.25) is 5.88 Å². The third kappa shape index (κ3) is 4.60. The van der Waals surface area contributed by atoms with Crippen LogP contribution < -0.4 is 19.9 Å². The first-order valence-electron chi connectivity index (χ1n) is 11.7. The van der Waals surface area contributed by atoms with E-state index in [9.17, 15) is 18.8 Å². The number of anilines is 1. The molecule has 1 fully saturated rings. The number of ketones is 1. The van der Waals surface area contributed by atoms with Gasteiger partial charge in [0.05, 0.1) is 30.8 Å². The summed E-state index contributed by atoms with van der Waals surface area (Å²) in [6, 6.07) is 6.02. The normalized spacial score (nSPS) is 18.1. The zero-order valence-corrected chi connectivity index (χ0v) is 19.9. The molecule has 1 saturated heterocycles. The number of nitrogens with zero attached hydrogens (tertiary/aromatic N) is 4. The molecular weight excluding hydrogens is 471 g/mol. The van der Waals surface area contributed by atoms with E-state index in [0.29, 0.717) is 54.1 Å². The smallest absolute Gasteiger partial charge is 0.415 e. The fraction of sp³-hybridized carbons (Fsp3) is 0.400. The van der Waals surface area contributed by atoms with Gasteiger partial charge in [-0.25, -0.2) is 19.2 Å². The van der Waals surface area contributed by atoms with Crippen LogP contribution in [-0.4, -0.2) is 51.8 Å². The van der Waals surface area contributed by atoms with Gasteiger partial charge in [-0.05, 0) is 44.4 Å². The predicted molar refractivity (Wildman–Crippen MR) is 127 cm³/mol. The SMILES string of the molecule is CC(CCC[C@H]1CN(c2cnc3c(n2)CC(=O)CO3)C(=O)O1)Oc1c(F)ccc2ccc(=O)n(C)c12. The maximum absolute atomic E-state index is 14.6. The van der Waals surface area contributed by atoms with Crippen LogP contribution in [0.25, 0.3) is 10.9 Å². The number of carbonyl (C=O) groups is 2. The van der Waals surface area contributed by atoms with Crippen LogP contribution in [0, 0.1) is 5.82 Å². The highest BCUT2D eigenvalue weighted by Crippen LogP contribution is 2.30. The molecule has 0 N–H and O–H groups in total. The van der Waals surface area contributed by atoms with Gasteiger partial charge in [-0.2, -0.15) is 0 Å². The molecule has 0 saturated carbocycles. The van der Waals surface area contributed by atoms with E-state index in [1.807, 2.05) is 6.92 Å². The summed E-state index contributed by atoms with van der Waals surface area (Å²) in [6.07, 6.45) is 2.16. The molecule has 0 bridgehead atoms. The van der Waals surface area contributed by atoms with Crippen LogP contribution in [0.15, 0.2) is 35.3 Å². The van der Waals surface area contributed by atoms with E-state index in [1.54, 1.807) is 19.2 Å². The van der Waals surface area contributed by atoms with Crippen LogP contribution >= 0.6 is 0 Å². The quantitative estimate of drug-likeness (QED) is 0.491. The van der Waals surface area contributed by atoms with Crippen molar-refractivity contribution in [3.63, 3.8) is 0 Å². The Labute approximate surface area is 205 Å². The van der Waals surface area contributed by atoms with Crippen molar-refractivity contribution >= 4 is 28.6 Å². The average molecular weight is 496 g/mol. The van der Waals surface area contributed by atoms with Gasteiger partial charge >= 0.3 is 6.09 Å². The third-order valence-corrected chi connectivity index (χ3v) is 6.32. The Bertz CT molecular complexity index is 1410. The molecule has 0 spiro atoms. The zero-order valence-electron chi connectivity index (χ0n) is 19.9. The monoisotopic (exact) mass is 496 g/mol. The molecule has 1 amide bonds. The molecule has 10 nitrogen and oxygen atoms in total. The average Bonchev–Trinajstić information content (AvgIpc) is 3.22. The lowest BCUT2D eigenvalue weighted by atomic mass is 10.1. The van der Waals surface area contributed by atoms with Gasteiger partial charge in [0.15, 0.2) is 23.2 Å². The van der Waals surface area contributed by atoms with Crippen molar-refractivity contribution in [2.45, 2.75) is 44.8 Å². The van der Waals surface area contributed by atoms with Crippen molar-refractivity contribution in [2.24, 2.45) is 7.05 Å². The second-order valence-electron chi connectivity index (χ2n) is 9.00. The van der Waals surface area contributed by atoms with Crippen LogP contribution in [0.2, 0.25) is 0 Å². The van der Waals surface area contributed by atoms with E-state index in [0.717, 1.165) is 0 Å². The number of amides is 1. The summed E-state index contributed by atoms with van der Waals surface area (Å²) in [5.74, 6) is 0.0338. The number of carbonyl (C=O) groups excluding carboxylic acids is 2. The number of fused-ring (bicyclic) bond motifs is 2. The molecule has 0 radical (unpaired) electrons. The first kappa shape index (κ1) is 23.7. The van der Waals surface area contributed by atoms with Crippen molar-refractivity contribution in [3.05, 3.63) is 52.3 Å². The molecule has 2 aliphatic rings. The number of aryl methyl sites for hydroxylation is 1. The topological polar surface area (TPSA) is 113 Å². The Morgan fingerprint density at radius 1 is 1.22 bits per heavy atom. The number of aromatic nitrogens is 3. The highest BCUT2D eigenvalue weighted by Gasteiger charge is 2.34. The number of rotatable bonds is 7. The minimum absolute atomic E-state index is 0.0255. The number of cyclic esters (lactones) is 1. The zero-order chi connectivity index (χ0) is 25.4. The number of hydrogen-bond donors (Lipinski definition) is 0. The van der Waals surface area contributed by atoms with E-state index >= 15 is 0 Å². The van der Waals surface area contributed by atoms with Crippen molar-refractivity contribution < 1.29 is 28.2 Å². The maximum atomic E-state index is 14.6. The van der Waals surface area contributed by atoms with Crippen LogP contribution in [0.3, 0.4) is 0 Å². The number of halogens is 1. The van der Waals surface area contributed by atoms with E-state index in [-0.39, 0.29) is 42.3 Å². The van der Waals surface area contributed by atoms with E-state index in [1.165, 1.54) is 27.8 Å². The molecule has 0 aliphatic carbocycles. The second kappa shape index (κ2) is 9.56. The lowest BCUT2D eigenvalue weighted by Crippen LogP contribution is -2.28. The van der Waals surface area contributed by atoms with Gasteiger partial charge in [0.1, 0.15) is 18.4 Å². The van der Waals surface area contributed by atoms with Crippen molar-refractivity contribution in [1.29, 1.82) is 0 Å². The Morgan fingerprint density at radius 3 is 2.86 bits per heavy atom. The summed E-state index contributed by atoms with van der Waals surface area (Å²) in [5, 5.41) is 0.708. The van der Waals surface area contributed by atoms with Gasteiger partial charge < -0.3 is 18.8 Å². The molecular formula is C25H25FN4O6. The fourth-order valence-corrected chi connectivity index (χ4v) is 4.45. The van der Waals surface area contributed by atoms with E-state index in [2.05, 4.69) is 9.97 Å². The maximum Gasteiger partial charge on any atom is 0.415 e. The van der Waals surface area contributed by atoms with Crippen LogP contribution in [0.5, 0.6) is 11.6 Å². The highest BCUT2D eigenvalue weighted by molar-refractivity contribution is 5.89. The molecule has 1 aromatic carbocycles. The molecule has 2 aromatic heterocycles. The summed E-state index contributed by atoms with van der Waals surface area (Å²) < 4.78 is 32.6. The van der Waals surface area contributed by atoms with E-state index in [4.69, 9.17) is 14.2 Å². The predicted octanol–water partition coefficient (Wildman–Crippen LogP) is 2.93. The molecule has 36 heavy (non-hydrogen) atoms. The van der Waals surface area contributed by atoms with Crippen LogP contribution in [0.4, 0.5) is 15.0 Å². The minimum atomic E-state index is -0.533. The van der Waals surface area contributed by atoms with Gasteiger partial charge in [0, 0.05) is 18.5 Å². The number of hydrogen-bond acceptors (Lipinski definition) is 8. The first-order valence-corrected chi connectivity index (χ1v) is 11.7. The van der Waals surface area contributed by atoms with Crippen molar-refractivity contribution in [1.82, 2.24) is 14.5 Å². The highest BCUT2D eigenvalue weighted by atomic mass is 19.1. The summed E-state index contributed by atoms with van der Waals surface area (Å²) >= 11 is 0. The fourth-order valence-electron chi connectivity index (χ4n) is 4.45. The summed E-state index contributed by atoms with van der Waals surface area (Å²) in [4.78, 5) is 46.0. The Kier molecular flexibility index (Phi) is 6.29. The molecule has 188 valence electrons. The first-order chi connectivity index (χ1) is 17.3. The van der Waals surface area contributed by atoms with Gasteiger partial charge in [-0.1, -0.05) is 0 Å². The van der Waals surface area contributed by atoms with Crippen LogP contribution in [-0.2, 0) is 23.0 Å². The molecule has 5 rings (SSSR count). The Balaban J connectivity index is 1.19. The summed E-state index contributed by atoms with van der Waals surface area (Å²) in [5.41, 5.74) is 0.568. The number of Topliss-reactive ketones (excluding diaryl/α,β-unsaturated/α-hetero) is 1.